The van der Waals surface area contributed by atoms with Crippen LogP contribution in [0.3, 0.4) is 0 Å². The molecule has 0 fully saturated rings. The van der Waals surface area contributed by atoms with Crippen LogP contribution >= 0.6 is 0 Å². The summed E-state index contributed by atoms with van der Waals surface area (Å²) >= 11 is 0. The molecule has 0 saturated carbocycles. The predicted molar refractivity (Wildman–Crippen MR) is 61.1 cm³/mol. The van der Waals surface area contributed by atoms with E-state index < -0.39 is 12.1 Å². The number of benzene rings is 1. The molecule has 0 N–H and O–H groups in total. The summed E-state index contributed by atoms with van der Waals surface area (Å²) < 4.78 is 10.5. The first-order valence-electron chi connectivity index (χ1n) is 4.96. The SMILES string of the molecule is COC(=O)c1cc2ccccc2n1C(=O)OC. The maximum absolute atomic E-state index is 11.7. The van der Waals surface area contributed by atoms with Gasteiger partial charge in [0.15, 0.2) is 0 Å². The van der Waals surface area contributed by atoms with E-state index in [-0.39, 0.29) is 5.69 Å². The third-order valence-corrected chi connectivity index (χ3v) is 2.46. The summed E-state index contributed by atoms with van der Waals surface area (Å²) in [5.41, 5.74) is 0.764. The van der Waals surface area contributed by atoms with Crippen molar-refractivity contribution in [3.05, 3.63) is 36.0 Å². The van der Waals surface area contributed by atoms with Gasteiger partial charge in [0.2, 0.25) is 0 Å². The van der Waals surface area contributed by atoms with Gasteiger partial charge in [-0.2, -0.15) is 0 Å². The van der Waals surface area contributed by atoms with Crippen molar-refractivity contribution >= 4 is 23.0 Å². The van der Waals surface area contributed by atoms with Gasteiger partial charge in [0.05, 0.1) is 19.7 Å². The first-order chi connectivity index (χ1) is 8.19. The summed E-state index contributed by atoms with van der Waals surface area (Å²) in [6.07, 6.45) is -0.619. The largest absolute Gasteiger partial charge is 0.464 e. The van der Waals surface area contributed by atoms with Gasteiger partial charge < -0.3 is 9.47 Å². The molecule has 0 saturated heterocycles. The van der Waals surface area contributed by atoms with Gasteiger partial charge in [0, 0.05) is 5.39 Å². The molecule has 1 aromatic carbocycles. The van der Waals surface area contributed by atoms with E-state index in [0.29, 0.717) is 5.52 Å². The summed E-state index contributed by atoms with van der Waals surface area (Å²) in [5.74, 6) is -0.577. The monoisotopic (exact) mass is 233 g/mol. The molecule has 5 heteroatoms. The summed E-state index contributed by atoms with van der Waals surface area (Å²) in [6.45, 7) is 0. The van der Waals surface area contributed by atoms with Gasteiger partial charge in [0.1, 0.15) is 5.69 Å². The minimum Gasteiger partial charge on any atom is -0.464 e. The maximum atomic E-state index is 11.7. The van der Waals surface area contributed by atoms with Crippen molar-refractivity contribution < 1.29 is 19.1 Å². The lowest BCUT2D eigenvalue weighted by atomic mass is 10.2. The van der Waals surface area contributed by atoms with E-state index in [1.807, 2.05) is 6.07 Å². The second-order valence-electron chi connectivity index (χ2n) is 3.39. The molecule has 0 aliphatic carbocycles. The molecule has 17 heavy (non-hydrogen) atoms. The Hall–Kier alpha value is -2.30. The van der Waals surface area contributed by atoms with E-state index in [0.717, 1.165) is 5.39 Å². The molecule has 1 heterocycles. The van der Waals surface area contributed by atoms with Crippen molar-refractivity contribution in [1.29, 1.82) is 0 Å². The zero-order valence-corrected chi connectivity index (χ0v) is 9.47. The molecule has 2 aromatic rings. The lowest BCUT2D eigenvalue weighted by Gasteiger charge is -2.05. The second-order valence-corrected chi connectivity index (χ2v) is 3.39. The lowest BCUT2D eigenvalue weighted by molar-refractivity contribution is 0.0587. The number of esters is 1. The summed E-state index contributed by atoms with van der Waals surface area (Å²) in [4.78, 5) is 23.2. The molecule has 0 aliphatic rings. The minimum absolute atomic E-state index is 0.153. The van der Waals surface area contributed by atoms with Crippen molar-refractivity contribution in [3.63, 3.8) is 0 Å². The van der Waals surface area contributed by atoms with Crippen LogP contribution in [-0.2, 0) is 9.47 Å². The molecule has 0 radical (unpaired) electrons. The van der Waals surface area contributed by atoms with Crippen molar-refractivity contribution in [2.45, 2.75) is 0 Å². The van der Waals surface area contributed by atoms with E-state index in [1.165, 1.54) is 18.8 Å². The topological polar surface area (TPSA) is 57.5 Å². The number of fused-ring (bicyclic) bond motifs is 1. The minimum atomic E-state index is -0.619. The molecular formula is C12H11NO4. The molecule has 0 bridgehead atoms. The van der Waals surface area contributed by atoms with Crippen molar-refractivity contribution in [2.75, 3.05) is 14.2 Å². The van der Waals surface area contributed by atoms with Crippen LogP contribution in [0.15, 0.2) is 30.3 Å². The molecule has 5 nitrogen and oxygen atoms in total. The van der Waals surface area contributed by atoms with Crippen molar-refractivity contribution in [1.82, 2.24) is 4.57 Å². The van der Waals surface area contributed by atoms with Crippen LogP contribution in [0.1, 0.15) is 10.5 Å². The predicted octanol–water partition coefficient (Wildman–Crippen LogP) is 2.04. The van der Waals surface area contributed by atoms with Crippen LogP contribution < -0.4 is 0 Å². The zero-order chi connectivity index (χ0) is 12.4. The smallest absolute Gasteiger partial charge is 0.418 e. The average molecular weight is 233 g/mol. The Balaban J connectivity index is 2.73. The van der Waals surface area contributed by atoms with Gasteiger partial charge >= 0.3 is 12.1 Å². The first-order valence-corrected chi connectivity index (χ1v) is 4.96. The Labute approximate surface area is 97.5 Å². The number of carbonyl (C=O) groups is 2. The average Bonchev–Trinajstić information content (AvgIpc) is 2.76. The van der Waals surface area contributed by atoms with Crippen LogP contribution in [0.25, 0.3) is 10.9 Å². The number of para-hydroxylation sites is 1. The fraction of sp³-hybridized carbons (Fsp3) is 0.167. The number of aromatic nitrogens is 1. The summed E-state index contributed by atoms with van der Waals surface area (Å²) in [5, 5.41) is 0.776. The van der Waals surface area contributed by atoms with Gasteiger partial charge in [-0.1, -0.05) is 18.2 Å². The number of carbonyl (C=O) groups excluding carboxylic acids is 2. The molecule has 0 spiro atoms. The number of hydrogen-bond acceptors (Lipinski definition) is 4. The quantitative estimate of drug-likeness (QED) is 0.707. The van der Waals surface area contributed by atoms with E-state index in [1.54, 1.807) is 24.3 Å². The molecular weight excluding hydrogens is 222 g/mol. The van der Waals surface area contributed by atoms with Gasteiger partial charge in [-0.3, -0.25) is 0 Å². The Kier molecular flexibility index (Phi) is 2.82. The first kappa shape index (κ1) is 11.2. The summed E-state index contributed by atoms with van der Waals surface area (Å²) in [6, 6.07) is 8.74. The van der Waals surface area contributed by atoms with Gasteiger partial charge in [-0.15, -0.1) is 0 Å². The third-order valence-electron chi connectivity index (χ3n) is 2.46. The number of hydrogen-bond donors (Lipinski definition) is 0. The Morgan fingerprint density at radius 3 is 2.47 bits per heavy atom. The Morgan fingerprint density at radius 2 is 1.82 bits per heavy atom. The normalized spacial score (nSPS) is 10.2. The third kappa shape index (κ3) is 1.75. The lowest BCUT2D eigenvalue weighted by Crippen LogP contribution is -2.18. The molecule has 0 amide bonds. The van der Waals surface area contributed by atoms with Crippen molar-refractivity contribution in [2.24, 2.45) is 0 Å². The molecule has 0 atom stereocenters. The standard InChI is InChI=1S/C12H11NO4/c1-16-11(14)10-7-8-5-3-4-6-9(8)13(10)12(15)17-2/h3-7H,1-2H3. The molecule has 88 valence electrons. The fourth-order valence-electron chi connectivity index (χ4n) is 1.70. The Morgan fingerprint density at radius 1 is 1.12 bits per heavy atom. The van der Waals surface area contributed by atoms with Gasteiger partial charge in [-0.25, -0.2) is 14.2 Å². The van der Waals surface area contributed by atoms with Crippen LogP contribution in [0.2, 0.25) is 0 Å². The van der Waals surface area contributed by atoms with E-state index in [9.17, 15) is 9.59 Å². The van der Waals surface area contributed by atoms with E-state index in [4.69, 9.17) is 0 Å². The molecule has 0 unspecified atom stereocenters. The van der Waals surface area contributed by atoms with Crippen LogP contribution in [0.5, 0.6) is 0 Å². The Bertz CT molecular complexity index is 585. The highest BCUT2D eigenvalue weighted by Gasteiger charge is 2.20. The maximum Gasteiger partial charge on any atom is 0.418 e. The number of methoxy groups -OCH3 is 2. The van der Waals surface area contributed by atoms with Gasteiger partial charge in [-0.05, 0) is 12.1 Å². The highest BCUT2D eigenvalue weighted by molar-refractivity contribution is 6.01. The van der Waals surface area contributed by atoms with Crippen LogP contribution in [0.4, 0.5) is 4.79 Å². The van der Waals surface area contributed by atoms with E-state index >= 15 is 0 Å². The highest BCUT2D eigenvalue weighted by atomic mass is 16.5. The summed E-state index contributed by atoms with van der Waals surface area (Å²) in [7, 11) is 2.53. The molecule has 1 aromatic heterocycles. The van der Waals surface area contributed by atoms with Gasteiger partial charge in [0.25, 0.3) is 0 Å². The number of ether oxygens (including phenoxy) is 2. The zero-order valence-electron chi connectivity index (χ0n) is 9.47. The molecule has 0 aliphatic heterocycles. The highest BCUT2D eigenvalue weighted by Crippen LogP contribution is 2.20. The number of nitrogens with zero attached hydrogens (tertiary/aromatic N) is 1. The second kappa shape index (κ2) is 4.29. The van der Waals surface area contributed by atoms with E-state index in [2.05, 4.69) is 9.47 Å². The van der Waals surface area contributed by atoms with Crippen molar-refractivity contribution in [3.8, 4) is 0 Å². The van der Waals surface area contributed by atoms with Crippen LogP contribution in [-0.4, -0.2) is 30.8 Å². The fourth-order valence-corrected chi connectivity index (χ4v) is 1.70. The molecule has 2 rings (SSSR count). The number of rotatable bonds is 1. The van der Waals surface area contributed by atoms with Crippen LogP contribution in [0, 0.1) is 0 Å².